The lowest BCUT2D eigenvalue weighted by molar-refractivity contribution is 0.0697. The molecule has 0 unspecified atom stereocenters. The summed E-state index contributed by atoms with van der Waals surface area (Å²) in [7, 11) is -4.11. The van der Waals surface area contributed by atoms with E-state index in [9.17, 15) is 17.6 Å². The Morgan fingerprint density at radius 2 is 2.00 bits per heavy atom. The van der Waals surface area contributed by atoms with Crippen LogP contribution in [0.4, 0.5) is 10.1 Å². The number of aromatic nitrogens is 1. The molecule has 6 nitrogen and oxygen atoms in total. The fourth-order valence-electron chi connectivity index (χ4n) is 1.51. The third-order valence-corrected chi connectivity index (χ3v) is 3.76. The van der Waals surface area contributed by atoms with Gasteiger partial charge < -0.3 is 5.11 Å². The highest BCUT2D eigenvalue weighted by atomic mass is 32.2. The Balaban J connectivity index is 2.48. The molecule has 0 radical (unpaired) electrons. The fourth-order valence-corrected chi connectivity index (χ4v) is 2.56. The number of pyridine rings is 1. The van der Waals surface area contributed by atoms with Gasteiger partial charge in [0.2, 0.25) is 0 Å². The molecule has 0 fully saturated rings. The fraction of sp³-hybridized carbons (Fsp3) is 0. The summed E-state index contributed by atoms with van der Waals surface area (Å²) in [5.74, 6) is -2.41. The molecular formula is C12H9FN2O4S. The minimum absolute atomic E-state index is 0.195. The van der Waals surface area contributed by atoms with Crippen LogP contribution in [0.15, 0.2) is 47.6 Å². The minimum Gasteiger partial charge on any atom is -0.478 e. The molecule has 1 aromatic carbocycles. The first-order valence-electron chi connectivity index (χ1n) is 5.36. The summed E-state index contributed by atoms with van der Waals surface area (Å²) in [6.45, 7) is 0. The van der Waals surface area contributed by atoms with Gasteiger partial charge in [-0.2, -0.15) is 0 Å². The van der Waals surface area contributed by atoms with Crippen molar-refractivity contribution >= 4 is 21.7 Å². The van der Waals surface area contributed by atoms with Gasteiger partial charge >= 0.3 is 5.97 Å². The average molecular weight is 296 g/mol. The van der Waals surface area contributed by atoms with Crippen molar-refractivity contribution in [1.82, 2.24) is 4.98 Å². The number of carboxylic acids is 1. The monoisotopic (exact) mass is 296 g/mol. The number of benzene rings is 1. The van der Waals surface area contributed by atoms with E-state index in [4.69, 9.17) is 5.11 Å². The summed E-state index contributed by atoms with van der Waals surface area (Å²) in [6, 6.07) is 5.91. The zero-order valence-corrected chi connectivity index (χ0v) is 10.8. The molecule has 0 amide bonds. The number of hydrogen-bond acceptors (Lipinski definition) is 4. The molecule has 0 bridgehead atoms. The predicted octanol–water partition coefficient (Wildman–Crippen LogP) is 1.72. The van der Waals surface area contributed by atoms with Crippen LogP contribution in [0, 0.1) is 5.82 Å². The van der Waals surface area contributed by atoms with Crippen molar-refractivity contribution in [2.24, 2.45) is 0 Å². The Labute approximate surface area is 114 Å². The molecule has 0 saturated heterocycles. The van der Waals surface area contributed by atoms with Gasteiger partial charge in [0.15, 0.2) is 0 Å². The van der Waals surface area contributed by atoms with Crippen molar-refractivity contribution < 1.29 is 22.7 Å². The molecule has 2 rings (SSSR count). The number of rotatable bonds is 4. The zero-order valence-electron chi connectivity index (χ0n) is 9.95. The van der Waals surface area contributed by atoms with Gasteiger partial charge in [0.05, 0.1) is 11.3 Å². The van der Waals surface area contributed by atoms with Crippen molar-refractivity contribution in [3.05, 3.63) is 54.1 Å². The standard InChI is InChI=1S/C12H9FN2O4S/c13-10-5-1-4-9(12(16)17)11(10)15-20(18,19)8-3-2-6-14-7-8/h1-7,15H,(H,16,17). The molecule has 0 aliphatic rings. The molecule has 0 aliphatic carbocycles. The molecule has 0 atom stereocenters. The highest BCUT2D eigenvalue weighted by Gasteiger charge is 2.21. The number of para-hydroxylation sites is 1. The Morgan fingerprint density at radius 1 is 1.25 bits per heavy atom. The maximum Gasteiger partial charge on any atom is 0.337 e. The second kappa shape index (κ2) is 5.25. The van der Waals surface area contributed by atoms with Crippen LogP contribution in [0.5, 0.6) is 0 Å². The predicted molar refractivity (Wildman–Crippen MR) is 68.4 cm³/mol. The SMILES string of the molecule is O=C(O)c1cccc(F)c1NS(=O)(=O)c1cccnc1. The van der Waals surface area contributed by atoms with Gasteiger partial charge in [-0.25, -0.2) is 17.6 Å². The van der Waals surface area contributed by atoms with E-state index in [1.165, 1.54) is 24.4 Å². The number of nitrogens with zero attached hydrogens (tertiary/aromatic N) is 1. The lowest BCUT2D eigenvalue weighted by atomic mass is 10.2. The van der Waals surface area contributed by atoms with E-state index in [1.54, 1.807) is 0 Å². The van der Waals surface area contributed by atoms with Crippen molar-refractivity contribution in [1.29, 1.82) is 0 Å². The van der Waals surface area contributed by atoms with Crippen molar-refractivity contribution in [2.75, 3.05) is 4.72 Å². The maximum atomic E-state index is 13.7. The Bertz CT molecular complexity index is 747. The summed E-state index contributed by atoms with van der Waals surface area (Å²) >= 11 is 0. The van der Waals surface area contributed by atoms with Crippen LogP contribution in [0.1, 0.15) is 10.4 Å². The van der Waals surface area contributed by atoms with Gasteiger partial charge in [0.25, 0.3) is 10.0 Å². The van der Waals surface area contributed by atoms with Gasteiger partial charge in [-0.1, -0.05) is 6.07 Å². The van der Waals surface area contributed by atoms with E-state index < -0.39 is 33.1 Å². The molecule has 0 saturated carbocycles. The van der Waals surface area contributed by atoms with Crippen LogP contribution in [0.2, 0.25) is 0 Å². The van der Waals surface area contributed by atoms with E-state index in [2.05, 4.69) is 4.98 Å². The van der Waals surface area contributed by atoms with Crippen LogP contribution in [0.3, 0.4) is 0 Å². The number of anilines is 1. The van der Waals surface area contributed by atoms with E-state index in [-0.39, 0.29) is 4.90 Å². The first-order valence-corrected chi connectivity index (χ1v) is 6.85. The van der Waals surface area contributed by atoms with Gasteiger partial charge in [0.1, 0.15) is 10.7 Å². The molecule has 8 heteroatoms. The molecule has 0 aliphatic heterocycles. The second-order valence-corrected chi connectivity index (χ2v) is 5.44. The average Bonchev–Trinajstić information content (AvgIpc) is 2.41. The van der Waals surface area contributed by atoms with E-state index in [0.717, 1.165) is 18.3 Å². The largest absolute Gasteiger partial charge is 0.478 e. The second-order valence-electron chi connectivity index (χ2n) is 3.76. The maximum absolute atomic E-state index is 13.7. The quantitative estimate of drug-likeness (QED) is 0.895. The van der Waals surface area contributed by atoms with Crippen molar-refractivity contribution in [3.63, 3.8) is 0 Å². The summed E-state index contributed by atoms with van der Waals surface area (Å²) in [6.07, 6.45) is 2.45. The normalized spacial score (nSPS) is 11.1. The van der Waals surface area contributed by atoms with E-state index in [1.807, 2.05) is 4.72 Å². The van der Waals surface area contributed by atoms with E-state index >= 15 is 0 Å². The zero-order chi connectivity index (χ0) is 14.8. The van der Waals surface area contributed by atoms with Crippen molar-refractivity contribution in [2.45, 2.75) is 4.90 Å². The first-order chi connectivity index (χ1) is 9.42. The van der Waals surface area contributed by atoms with Crippen molar-refractivity contribution in [3.8, 4) is 0 Å². The summed E-state index contributed by atoms with van der Waals surface area (Å²) < 4.78 is 39.6. The highest BCUT2D eigenvalue weighted by Crippen LogP contribution is 2.23. The number of nitrogens with one attached hydrogen (secondary N) is 1. The molecule has 104 valence electrons. The van der Waals surface area contributed by atoms with Crippen LogP contribution < -0.4 is 4.72 Å². The number of hydrogen-bond donors (Lipinski definition) is 2. The van der Waals surface area contributed by atoms with Gasteiger partial charge in [-0.05, 0) is 24.3 Å². The first kappa shape index (κ1) is 13.9. The minimum atomic E-state index is -4.11. The Morgan fingerprint density at radius 3 is 2.60 bits per heavy atom. The third-order valence-electron chi connectivity index (χ3n) is 2.43. The number of carboxylic acid groups (broad SMARTS) is 1. The number of aromatic carboxylic acids is 1. The molecule has 1 heterocycles. The molecule has 1 aromatic heterocycles. The number of sulfonamides is 1. The summed E-state index contributed by atoms with van der Waals surface area (Å²) in [5.41, 5.74) is -1.08. The highest BCUT2D eigenvalue weighted by molar-refractivity contribution is 7.92. The van der Waals surface area contributed by atoms with Gasteiger partial charge in [0, 0.05) is 12.4 Å². The number of carbonyl (C=O) groups is 1. The Kier molecular flexibility index (Phi) is 3.66. The smallest absolute Gasteiger partial charge is 0.337 e. The number of halogens is 1. The molecule has 20 heavy (non-hydrogen) atoms. The van der Waals surface area contributed by atoms with Crippen LogP contribution in [-0.2, 0) is 10.0 Å². The van der Waals surface area contributed by atoms with Crippen LogP contribution in [-0.4, -0.2) is 24.5 Å². The molecule has 0 spiro atoms. The molecule has 2 aromatic rings. The Hall–Kier alpha value is -2.48. The molecular weight excluding hydrogens is 287 g/mol. The van der Waals surface area contributed by atoms with Crippen LogP contribution >= 0.6 is 0 Å². The van der Waals surface area contributed by atoms with Crippen LogP contribution in [0.25, 0.3) is 0 Å². The van der Waals surface area contributed by atoms with E-state index in [0.29, 0.717) is 0 Å². The summed E-state index contributed by atoms with van der Waals surface area (Å²) in [4.78, 5) is 14.4. The third kappa shape index (κ3) is 2.75. The lowest BCUT2D eigenvalue weighted by Crippen LogP contribution is -2.17. The molecule has 2 N–H and O–H groups in total. The van der Waals surface area contributed by atoms with Gasteiger partial charge in [-0.3, -0.25) is 9.71 Å². The summed E-state index contributed by atoms with van der Waals surface area (Å²) in [5, 5.41) is 8.94. The van der Waals surface area contributed by atoms with Gasteiger partial charge in [-0.15, -0.1) is 0 Å². The topological polar surface area (TPSA) is 96.4 Å². The lowest BCUT2D eigenvalue weighted by Gasteiger charge is -2.11.